The third-order valence-corrected chi connectivity index (χ3v) is 4.95. The quantitative estimate of drug-likeness (QED) is 0.737. The molecule has 1 aliphatic rings. The van der Waals surface area contributed by atoms with Gasteiger partial charge in [-0.2, -0.15) is 5.06 Å². The minimum atomic E-state index is -0.478. The first-order chi connectivity index (χ1) is 14.2. The van der Waals surface area contributed by atoms with E-state index in [9.17, 15) is 10.0 Å². The maximum absolute atomic E-state index is 12.2. The number of hydroxylamine groups is 2. The summed E-state index contributed by atoms with van der Waals surface area (Å²) in [7, 11) is 1.58. The molecule has 1 heterocycles. The van der Waals surface area contributed by atoms with E-state index in [0.717, 1.165) is 33.4 Å². The Morgan fingerprint density at radius 2 is 1.53 bits per heavy atom. The minimum absolute atomic E-state index is 0.134. The van der Waals surface area contributed by atoms with Gasteiger partial charge in [0.05, 0.1) is 0 Å². The van der Waals surface area contributed by atoms with Gasteiger partial charge >= 0.3 is 0 Å². The van der Waals surface area contributed by atoms with Crippen molar-refractivity contribution < 1.29 is 10.0 Å². The Labute approximate surface area is 178 Å². The van der Waals surface area contributed by atoms with E-state index in [-0.39, 0.29) is 11.3 Å². The number of allylic oxidation sites excluding steroid dienone is 1. The fourth-order valence-electron chi connectivity index (χ4n) is 3.47. The van der Waals surface area contributed by atoms with E-state index in [1.54, 1.807) is 7.05 Å². The molecule has 0 atom stereocenters. The first kappa shape index (κ1) is 21.7. The van der Waals surface area contributed by atoms with Gasteiger partial charge in [-0.1, -0.05) is 75.4 Å². The van der Waals surface area contributed by atoms with Gasteiger partial charge in [-0.3, -0.25) is 15.0 Å². The summed E-state index contributed by atoms with van der Waals surface area (Å²) < 4.78 is 0. The van der Waals surface area contributed by atoms with Crippen LogP contribution in [0.3, 0.4) is 0 Å². The second-order valence-corrected chi connectivity index (χ2v) is 8.57. The molecule has 0 radical (unpaired) electrons. The van der Waals surface area contributed by atoms with Gasteiger partial charge in [-0.15, -0.1) is 0 Å². The first-order valence-electron chi connectivity index (χ1n) is 10.0. The Morgan fingerprint density at radius 3 is 2.00 bits per heavy atom. The molecule has 1 aliphatic heterocycles. The number of amidine groups is 1. The lowest BCUT2D eigenvalue weighted by molar-refractivity contribution is -0.143. The summed E-state index contributed by atoms with van der Waals surface area (Å²) >= 11 is 0. The molecule has 0 saturated carbocycles. The second-order valence-electron chi connectivity index (χ2n) is 8.57. The van der Waals surface area contributed by atoms with Crippen molar-refractivity contribution in [3.05, 3.63) is 83.0 Å². The van der Waals surface area contributed by atoms with Crippen LogP contribution in [0.15, 0.2) is 76.8 Å². The van der Waals surface area contributed by atoms with Crippen LogP contribution in [-0.4, -0.2) is 29.1 Å². The standard InChI is InChI=1S/C25H29N3O2/c1-25(2,3)15-22-21(14-23(29)28(30)24(22)27-4)13-17-5-9-19(10-6-17)20-11-7-18(16-26)8-12-20/h5-12,14-15,30H,13,16,26H2,1-4H3/b22-15-,27-24?. The minimum Gasteiger partial charge on any atom is -0.326 e. The molecule has 3 rings (SSSR count). The Hall–Kier alpha value is -3.02. The summed E-state index contributed by atoms with van der Waals surface area (Å²) in [6.45, 7) is 6.76. The molecule has 2 aromatic rings. The summed E-state index contributed by atoms with van der Waals surface area (Å²) in [6.07, 6.45) is 4.11. The van der Waals surface area contributed by atoms with E-state index in [2.05, 4.69) is 62.2 Å². The lowest BCUT2D eigenvalue weighted by atomic mass is 9.86. The molecule has 1 amide bonds. The van der Waals surface area contributed by atoms with E-state index >= 15 is 0 Å². The molecular formula is C25H29N3O2. The van der Waals surface area contributed by atoms with Crippen LogP contribution in [0.25, 0.3) is 11.1 Å². The molecule has 0 spiro atoms. The molecule has 156 valence electrons. The molecule has 0 unspecified atom stereocenters. The zero-order chi connectivity index (χ0) is 21.9. The number of nitrogens with zero attached hydrogens (tertiary/aromatic N) is 2. The summed E-state index contributed by atoms with van der Waals surface area (Å²) in [5.41, 5.74) is 11.6. The maximum atomic E-state index is 12.2. The maximum Gasteiger partial charge on any atom is 0.276 e. The van der Waals surface area contributed by atoms with Crippen LogP contribution < -0.4 is 5.73 Å². The van der Waals surface area contributed by atoms with E-state index in [1.165, 1.54) is 6.08 Å². The molecule has 3 N–H and O–H groups in total. The monoisotopic (exact) mass is 403 g/mol. The van der Waals surface area contributed by atoms with Crippen LogP contribution in [0, 0.1) is 5.41 Å². The van der Waals surface area contributed by atoms with Crippen molar-refractivity contribution in [2.45, 2.75) is 33.7 Å². The van der Waals surface area contributed by atoms with Gasteiger partial charge in [0.15, 0.2) is 5.84 Å². The zero-order valence-corrected chi connectivity index (χ0v) is 18.0. The highest BCUT2D eigenvalue weighted by Crippen LogP contribution is 2.29. The lowest BCUT2D eigenvalue weighted by Gasteiger charge is -2.27. The third-order valence-electron chi connectivity index (χ3n) is 4.95. The van der Waals surface area contributed by atoms with Crippen molar-refractivity contribution in [1.82, 2.24) is 5.06 Å². The fraction of sp³-hybridized carbons (Fsp3) is 0.280. The van der Waals surface area contributed by atoms with Crippen molar-refractivity contribution >= 4 is 11.7 Å². The molecule has 0 aliphatic carbocycles. The van der Waals surface area contributed by atoms with E-state index in [0.29, 0.717) is 18.0 Å². The average molecular weight is 404 g/mol. The number of nitrogens with two attached hydrogens (primary N) is 1. The molecule has 5 heteroatoms. The predicted molar refractivity (Wildman–Crippen MR) is 121 cm³/mol. The number of hydrogen-bond acceptors (Lipinski definition) is 4. The number of aliphatic imine (C=N–C) groups is 1. The van der Waals surface area contributed by atoms with Gasteiger partial charge in [-0.25, -0.2) is 0 Å². The number of benzene rings is 2. The van der Waals surface area contributed by atoms with Gasteiger partial charge in [0.2, 0.25) is 0 Å². The van der Waals surface area contributed by atoms with Gasteiger partial charge in [-0.05, 0) is 39.7 Å². The highest BCUT2D eigenvalue weighted by molar-refractivity contribution is 6.15. The van der Waals surface area contributed by atoms with Gasteiger partial charge < -0.3 is 5.73 Å². The van der Waals surface area contributed by atoms with Crippen LogP contribution in [0.5, 0.6) is 0 Å². The smallest absolute Gasteiger partial charge is 0.276 e. The highest BCUT2D eigenvalue weighted by Gasteiger charge is 2.29. The molecule has 0 saturated heterocycles. The van der Waals surface area contributed by atoms with E-state index < -0.39 is 5.91 Å². The van der Waals surface area contributed by atoms with Crippen LogP contribution >= 0.6 is 0 Å². The number of carbonyl (C=O) groups excluding carboxylic acids is 1. The second kappa shape index (κ2) is 8.78. The number of carbonyl (C=O) groups is 1. The van der Waals surface area contributed by atoms with Crippen molar-refractivity contribution in [3.63, 3.8) is 0 Å². The number of amides is 1. The Balaban J connectivity index is 1.90. The normalized spacial score (nSPS) is 17.6. The topological polar surface area (TPSA) is 78.9 Å². The summed E-state index contributed by atoms with van der Waals surface area (Å²) in [4.78, 5) is 16.4. The van der Waals surface area contributed by atoms with Gasteiger partial charge in [0, 0.05) is 25.2 Å². The average Bonchev–Trinajstić information content (AvgIpc) is 2.72. The first-order valence-corrected chi connectivity index (χ1v) is 10.0. The Bertz CT molecular complexity index is 1010. The van der Waals surface area contributed by atoms with Crippen LogP contribution in [0.4, 0.5) is 0 Å². The van der Waals surface area contributed by atoms with Gasteiger partial charge in [0.1, 0.15) is 0 Å². The lowest BCUT2D eigenvalue weighted by Crippen LogP contribution is -2.38. The fourth-order valence-corrected chi connectivity index (χ4v) is 3.47. The predicted octanol–water partition coefficient (Wildman–Crippen LogP) is 4.51. The summed E-state index contributed by atoms with van der Waals surface area (Å²) in [5, 5.41) is 10.8. The Morgan fingerprint density at radius 1 is 1.00 bits per heavy atom. The molecule has 0 bridgehead atoms. The summed E-state index contributed by atoms with van der Waals surface area (Å²) in [6, 6.07) is 16.5. The van der Waals surface area contributed by atoms with E-state index in [1.807, 2.05) is 18.2 Å². The molecule has 30 heavy (non-hydrogen) atoms. The molecule has 0 fully saturated rings. The zero-order valence-electron chi connectivity index (χ0n) is 18.0. The number of hydrogen-bond donors (Lipinski definition) is 2. The summed E-state index contributed by atoms with van der Waals surface area (Å²) in [5.74, 6) is -0.197. The molecule has 2 aromatic carbocycles. The SMILES string of the molecule is CN=C1/C(=C\C(C)(C)C)C(Cc2ccc(-c3ccc(CN)cc3)cc2)=CC(=O)N1O. The van der Waals surface area contributed by atoms with Crippen LogP contribution in [0.1, 0.15) is 31.9 Å². The van der Waals surface area contributed by atoms with Crippen molar-refractivity contribution in [2.75, 3.05) is 7.05 Å². The van der Waals surface area contributed by atoms with Crippen molar-refractivity contribution in [2.24, 2.45) is 16.1 Å². The number of rotatable bonds is 4. The molecular weight excluding hydrogens is 374 g/mol. The molecule has 5 nitrogen and oxygen atoms in total. The molecule has 0 aromatic heterocycles. The van der Waals surface area contributed by atoms with Crippen LogP contribution in [0.2, 0.25) is 0 Å². The Kier molecular flexibility index (Phi) is 6.34. The van der Waals surface area contributed by atoms with Crippen molar-refractivity contribution in [3.8, 4) is 11.1 Å². The highest BCUT2D eigenvalue weighted by atomic mass is 16.5. The van der Waals surface area contributed by atoms with Crippen LogP contribution in [-0.2, 0) is 17.8 Å². The largest absolute Gasteiger partial charge is 0.326 e. The van der Waals surface area contributed by atoms with Gasteiger partial charge in [0.25, 0.3) is 5.91 Å². The third kappa shape index (κ3) is 4.93. The van der Waals surface area contributed by atoms with Crippen molar-refractivity contribution in [1.29, 1.82) is 0 Å². The van der Waals surface area contributed by atoms with E-state index in [4.69, 9.17) is 5.73 Å².